The Morgan fingerprint density at radius 2 is 2.11 bits per heavy atom. The third kappa shape index (κ3) is 2.01. The van der Waals surface area contributed by atoms with Gasteiger partial charge in [0.05, 0.1) is 5.25 Å². The minimum atomic E-state index is 0.0486. The summed E-state index contributed by atoms with van der Waals surface area (Å²) in [6.07, 6.45) is 5.22. The average molecular weight is 144 g/mol. The lowest BCUT2D eigenvalue weighted by Gasteiger charge is -2.01. The van der Waals surface area contributed by atoms with Crippen molar-refractivity contribution in [3.63, 3.8) is 0 Å². The number of carbonyl (C=O) groups excluding carboxylic acids is 1. The lowest BCUT2D eigenvalue weighted by Crippen LogP contribution is -2.10. The maximum atomic E-state index is 10.9. The molecule has 0 aliphatic heterocycles. The van der Waals surface area contributed by atoms with E-state index < -0.39 is 0 Å². The van der Waals surface area contributed by atoms with Gasteiger partial charge in [0.1, 0.15) is 5.78 Å². The number of hydrogen-bond acceptors (Lipinski definition) is 2. The summed E-state index contributed by atoms with van der Waals surface area (Å²) in [7, 11) is 0. The molecule has 1 aliphatic rings. The van der Waals surface area contributed by atoms with Crippen molar-refractivity contribution in [1.29, 1.82) is 0 Å². The maximum absolute atomic E-state index is 10.9. The summed E-state index contributed by atoms with van der Waals surface area (Å²) in [4.78, 5) is 10.9. The largest absolute Gasteiger partial charge is 0.298 e. The maximum Gasteiger partial charge on any atom is 0.145 e. The standard InChI is InChI=1S/C7H12OS/c8-6-4-2-1-3-5-7(6)9/h7,9H,1-5H2. The van der Waals surface area contributed by atoms with Crippen molar-refractivity contribution in [3.05, 3.63) is 0 Å². The Morgan fingerprint density at radius 1 is 1.33 bits per heavy atom. The molecule has 0 spiro atoms. The molecule has 0 N–H and O–H groups in total. The van der Waals surface area contributed by atoms with Crippen LogP contribution in [0.15, 0.2) is 0 Å². The topological polar surface area (TPSA) is 17.1 Å². The average Bonchev–Trinajstić information content (AvgIpc) is 1.99. The second kappa shape index (κ2) is 3.25. The van der Waals surface area contributed by atoms with Crippen LogP contribution in [-0.4, -0.2) is 11.0 Å². The van der Waals surface area contributed by atoms with Crippen LogP contribution in [0, 0.1) is 0 Å². The van der Waals surface area contributed by atoms with E-state index in [9.17, 15) is 4.79 Å². The molecule has 0 saturated heterocycles. The van der Waals surface area contributed by atoms with E-state index in [-0.39, 0.29) is 5.25 Å². The Morgan fingerprint density at radius 3 is 2.89 bits per heavy atom. The van der Waals surface area contributed by atoms with Crippen molar-refractivity contribution in [1.82, 2.24) is 0 Å². The quantitative estimate of drug-likeness (QED) is 0.405. The summed E-state index contributed by atoms with van der Waals surface area (Å²) in [6, 6.07) is 0. The first-order chi connectivity index (χ1) is 4.30. The summed E-state index contributed by atoms with van der Waals surface area (Å²) in [6.45, 7) is 0. The van der Waals surface area contributed by atoms with Gasteiger partial charge in [-0.25, -0.2) is 0 Å². The summed E-state index contributed by atoms with van der Waals surface area (Å²) in [5.41, 5.74) is 0. The van der Waals surface area contributed by atoms with Gasteiger partial charge in [-0.15, -0.1) is 0 Å². The minimum Gasteiger partial charge on any atom is -0.298 e. The SMILES string of the molecule is O=C1CCCCCC1S. The van der Waals surface area contributed by atoms with Crippen LogP contribution >= 0.6 is 12.6 Å². The molecule has 0 aromatic rings. The molecule has 1 unspecified atom stereocenters. The van der Waals surface area contributed by atoms with Gasteiger partial charge in [-0.1, -0.05) is 12.8 Å². The molecule has 1 aliphatic carbocycles. The zero-order valence-electron chi connectivity index (χ0n) is 5.47. The molecular weight excluding hydrogens is 132 g/mol. The second-order valence-electron chi connectivity index (χ2n) is 2.58. The zero-order chi connectivity index (χ0) is 6.69. The van der Waals surface area contributed by atoms with E-state index in [1.807, 2.05) is 0 Å². The monoisotopic (exact) mass is 144 g/mol. The summed E-state index contributed by atoms with van der Waals surface area (Å²) < 4.78 is 0. The van der Waals surface area contributed by atoms with E-state index in [1.165, 1.54) is 12.8 Å². The highest BCUT2D eigenvalue weighted by molar-refractivity contribution is 7.81. The van der Waals surface area contributed by atoms with Crippen LogP contribution in [0.25, 0.3) is 0 Å². The molecule has 0 aromatic heterocycles. The molecule has 0 amide bonds. The normalized spacial score (nSPS) is 29.9. The zero-order valence-corrected chi connectivity index (χ0v) is 6.36. The van der Waals surface area contributed by atoms with Gasteiger partial charge >= 0.3 is 0 Å². The number of hydrogen-bond donors (Lipinski definition) is 1. The Labute approximate surface area is 61.2 Å². The molecule has 9 heavy (non-hydrogen) atoms. The molecule has 1 atom stereocenters. The smallest absolute Gasteiger partial charge is 0.145 e. The highest BCUT2D eigenvalue weighted by Gasteiger charge is 2.15. The third-order valence-corrected chi connectivity index (χ3v) is 2.32. The molecule has 0 bridgehead atoms. The van der Waals surface area contributed by atoms with Crippen LogP contribution in [0.1, 0.15) is 32.1 Å². The Bertz CT molecular complexity index is 111. The second-order valence-corrected chi connectivity index (χ2v) is 3.20. The molecule has 0 heterocycles. The van der Waals surface area contributed by atoms with Gasteiger partial charge < -0.3 is 0 Å². The molecular formula is C7H12OS. The van der Waals surface area contributed by atoms with Gasteiger partial charge in [-0.05, 0) is 12.8 Å². The highest BCUT2D eigenvalue weighted by Crippen LogP contribution is 2.17. The fourth-order valence-electron chi connectivity index (χ4n) is 1.14. The van der Waals surface area contributed by atoms with E-state index in [1.54, 1.807) is 0 Å². The van der Waals surface area contributed by atoms with E-state index in [4.69, 9.17) is 0 Å². The van der Waals surface area contributed by atoms with Crippen LogP contribution in [-0.2, 0) is 4.79 Å². The van der Waals surface area contributed by atoms with Crippen LogP contribution < -0.4 is 0 Å². The predicted molar refractivity (Wildman–Crippen MR) is 40.9 cm³/mol. The van der Waals surface area contributed by atoms with Gasteiger partial charge in [-0.2, -0.15) is 12.6 Å². The number of rotatable bonds is 0. The minimum absolute atomic E-state index is 0.0486. The summed E-state index contributed by atoms with van der Waals surface area (Å²) in [5.74, 6) is 0.343. The summed E-state index contributed by atoms with van der Waals surface area (Å²) in [5, 5.41) is 0.0486. The fraction of sp³-hybridized carbons (Fsp3) is 0.857. The van der Waals surface area contributed by atoms with Gasteiger partial charge in [0.15, 0.2) is 0 Å². The number of carbonyl (C=O) groups is 1. The summed E-state index contributed by atoms with van der Waals surface area (Å²) >= 11 is 4.18. The predicted octanol–water partition coefficient (Wildman–Crippen LogP) is 1.82. The van der Waals surface area contributed by atoms with Gasteiger partial charge in [-0.3, -0.25) is 4.79 Å². The van der Waals surface area contributed by atoms with Crippen molar-refractivity contribution in [2.75, 3.05) is 0 Å². The van der Waals surface area contributed by atoms with E-state index in [2.05, 4.69) is 12.6 Å². The Hall–Kier alpha value is 0.0200. The Kier molecular flexibility index (Phi) is 2.58. The van der Waals surface area contributed by atoms with Crippen LogP contribution in [0.5, 0.6) is 0 Å². The first-order valence-corrected chi connectivity index (χ1v) is 4.03. The molecule has 2 heteroatoms. The number of ketones is 1. The van der Waals surface area contributed by atoms with E-state index >= 15 is 0 Å². The molecule has 1 rings (SSSR count). The molecule has 1 nitrogen and oxygen atoms in total. The van der Waals surface area contributed by atoms with Crippen LogP contribution in [0.4, 0.5) is 0 Å². The van der Waals surface area contributed by atoms with Crippen molar-refractivity contribution in [2.24, 2.45) is 0 Å². The molecule has 1 fully saturated rings. The molecule has 0 aromatic carbocycles. The lowest BCUT2D eigenvalue weighted by molar-refractivity contribution is -0.118. The van der Waals surface area contributed by atoms with Crippen LogP contribution in [0.2, 0.25) is 0 Å². The highest BCUT2D eigenvalue weighted by atomic mass is 32.1. The first kappa shape index (κ1) is 7.13. The van der Waals surface area contributed by atoms with E-state index in [0.29, 0.717) is 5.78 Å². The molecule has 52 valence electrons. The van der Waals surface area contributed by atoms with Gasteiger partial charge in [0.25, 0.3) is 0 Å². The molecule has 1 saturated carbocycles. The number of Topliss-reactive ketones (excluding diaryl/α,β-unsaturated/α-hetero) is 1. The van der Waals surface area contributed by atoms with Crippen LogP contribution in [0.3, 0.4) is 0 Å². The van der Waals surface area contributed by atoms with Crippen molar-refractivity contribution >= 4 is 18.4 Å². The molecule has 0 radical (unpaired) electrons. The number of thiol groups is 1. The first-order valence-electron chi connectivity index (χ1n) is 3.51. The lowest BCUT2D eigenvalue weighted by atomic mass is 10.2. The fourth-order valence-corrected chi connectivity index (χ4v) is 1.45. The third-order valence-electron chi connectivity index (χ3n) is 1.77. The van der Waals surface area contributed by atoms with Crippen molar-refractivity contribution in [2.45, 2.75) is 37.4 Å². The van der Waals surface area contributed by atoms with E-state index in [0.717, 1.165) is 19.3 Å². The van der Waals surface area contributed by atoms with Crippen molar-refractivity contribution < 1.29 is 4.79 Å². The van der Waals surface area contributed by atoms with Gasteiger partial charge in [0, 0.05) is 6.42 Å². The van der Waals surface area contributed by atoms with Crippen molar-refractivity contribution in [3.8, 4) is 0 Å². The van der Waals surface area contributed by atoms with Gasteiger partial charge in [0.2, 0.25) is 0 Å². The Balaban J connectivity index is 2.41.